The van der Waals surface area contributed by atoms with E-state index in [0.29, 0.717) is 0 Å². The molecule has 1 aliphatic rings. The number of carbonyl (C=O) groups excluding carboxylic acids is 1. The third kappa shape index (κ3) is 2.21. The van der Waals surface area contributed by atoms with Gasteiger partial charge in [0.2, 0.25) is 0 Å². The third-order valence-electron chi connectivity index (χ3n) is 3.67. The second-order valence-corrected chi connectivity index (χ2v) is 12.4. The zero-order valence-corrected chi connectivity index (χ0v) is 12.3. The van der Waals surface area contributed by atoms with Crippen molar-refractivity contribution in [3.05, 3.63) is 11.3 Å². The Morgan fingerprint density at radius 1 is 1.40 bits per heavy atom. The minimum atomic E-state index is -1.35. The number of hydrogen-bond donors (Lipinski definition) is 0. The minimum absolute atomic E-state index is 0.208. The van der Waals surface area contributed by atoms with Crippen molar-refractivity contribution >= 4 is 25.5 Å². The van der Waals surface area contributed by atoms with Crippen LogP contribution in [0.15, 0.2) is 11.3 Å². The van der Waals surface area contributed by atoms with Gasteiger partial charge in [-0.1, -0.05) is 31.8 Å². The van der Waals surface area contributed by atoms with Gasteiger partial charge in [-0.2, -0.15) is 0 Å². The van der Waals surface area contributed by atoms with Crippen molar-refractivity contribution in [3.63, 3.8) is 0 Å². The quantitative estimate of drug-likeness (QED) is 0.534. The van der Waals surface area contributed by atoms with Crippen LogP contribution in [-0.4, -0.2) is 18.7 Å². The number of rotatable bonds is 2. The Hall–Kier alpha value is -0.0831. The van der Waals surface area contributed by atoms with Gasteiger partial charge in [0.1, 0.15) is 0 Å². The Morgan fingerprint density at radius 3 is 2.07 bits per heavy atom. The van der Waals surface area contributed by atoms with Crippen LogP contribution >= 0.6 is 11.6 Å². The first-order chi connectivity index (χ1) is 6.48. The molecule has 0 amide bonds. The van der Waals surface area contributed by atoms with Gasteiger partial charge in [-0.15, -0.1) is 11.6 Å². The lowest BCUT2D eigenvalue weighted by Gasteiger charge is -2.36. The van der Waals surface area contributed by atoms with Gasteiger partial charge in [0.05, 0.1) is 18.4 Å². The highest BCUT2D eigenvalue weighted by Gasteiger charge is 2.50. The number of alkyl halides is 1. The van der Waals surface area contributed by atoms with Gasteiger partial charge in [0.15, 0.2) is 5.78 Å². The van der Waals surface area contributed by atoms with Crippen LogP contribution in [0.4, 0.5) is 0 Å². The van der Waals surface area contributed by atoms with Crippen molar-refractivity contribution in [1.29, 1.82) is 0 Å². The molecule has 0 bridgehead atoms. The van der Waals surface area contributed by atoms with Gasteiger partial charge in [-0.3, -0.25) is 4.79 Å². The van der Waals surface area contributed by atoms with Crippen LogP contribution in [0.3, 0.4) is 0 Å². The molecule has 0 saturated heterocycles. The Balaban J connectivity index is 3.04. The molecule has 1 atom stereocenters. The second-order valence-electron chi connectivity index (χ2n) is 6.27. The molecule has 1 unspecified atom stereocenters. The van der Waals surface area contributed by atoms with E-state index < -0.39 is 18.4 Å². The SMILES string of the molecule is CC(C)(Cl)C1(C)CC([Si](C)(C)C)=CC1=O. The standard InChI is InChI=1S/C12H21ClOSi/c1-11(2,13)12(3)8-9(7-10(12)14)15(4,5)6/h7H,8H2,1-6H3. The summed E-state index contributed by atoms with van der Waals surface area (Å²) in [6, 6.07) is 0. The molecule has 0 heterocycles. The predicted molar refractivity (Wildman–Crippen MR) is 69.1 cm³/mol. The summed E-state index contributed by atoms with van der Waals surface area (Å²) >= 11 is 6.35. The summed E-state index contributed by atoms with van der Waals surface area (Å²) in [4.78, 5) is 11.6. The van der Waals surface area contributed by atoms with Gasteiger partial charge in [-0.05, 0) is 26.3 Å². The lowest BCUT2D eigenvalue weighted by Crippen LogP contribution is -2.41. The van der Waals surface area contributed by atoms with Crippen molar-refractivity contribution in [1.82, 2.24) is 0 Å². The molecular weight excluding hydrogens is 224 g/mol. The highest BCUT2D eigenvalue weighted by atomic mass is 35.5. The molecule has 0 fully saturated rings. The molecule has 0 aliphatic heterocycles. The molecule has 86 valence electrons. The smallest absolute Gasteiger partial charge is 0.163 e. The minimum Gasteiger partial charge on any atom is -0.294 e. The Bertz CT molecular complexity index is 319. The topological polar surface area (TPSA) is 17.1 Å². The molecular formula is C12H21ClOSi. The molecule has 0 spiro atoms. The number of halogens is 1. The maximum absolute atomic E-state index is 12.1. The van der Waals surface area contributed by atoms with Crippen LogP contribution < -0.4 is 0 Å². The third-order valence-corrected chi connectivity index (χ3v) is 6.33. The average Bonchev–Trinajstić information content (AvgIpc) is 2.27. The molecule has 3 heteroatoms. The van der Waals surface area contributed by atoms with Crippen molar-refractivity contribution in [2.75, 3.05) is 0 Å². The van der Waals surface area contributed by atoms with Crippen LogP contribution in [0.5, 0.6) is 0 Å². The summed E-state index contributed by atoms with van der Waals surface area (Å²) in [7, 11) is -1.35. The molecule has 1 aliphatic carbocycles. The summed E-state index contributed by atoms with van der Waals surface area (Å²) in [5.41, 5.74) is -0.413. The van der Waals surface area contributed by atoms with Gasteiger partial charge < -0.3 is 0 Å². The van der Waals surface area contributed by atoms with Crippen molar-refractivity contribution < 1.29 is 4.79 Å². The van der Waals surface area contributed by atoms with E-state index in [1.807, 2.05) is 26.8 Å². The maximum Gasteiger partial charge on any atom is 0.163 e. The largest absolute Gasteiger partial charge is 0.294 e. The fourth-order valence-electron chi connectivity index (χ4n) is 1.82. The predicted octanol–water partition coefficient (Wildman–Crippen LogP) is 3.79. The first-order valence-electron chi connectivity index (χ1n) is 5.43. The monoisotopic (exact) mass is 244 g/mol. The fourth-order valence-corrected chi connectivity index (χ4v) is 3.43. The molecule has 15 heavy (non-hydrogen) atoms. The Labute approximate surface area is 98.9 Å². The molecule has 1 nitrogen and oxygen atoms in total. The highest BCUT2D eigenvalue weighted by Crippen LogP contribution is 2.48. The van der Waals surface area contributed by atoms with E-state index in [9.17, 15) is 4.79 Å². The van der Waals surface area contributed by atoms with E-state index in [0.717, 1.165) is 6.42 Å². The molecule has 0 aromatic carbocycles. The van der Waals surface area contributed by atoms with Gasteiger partial charge in [-0.25, -0.2) is 0 Å². The van der Waals surface area contributed by atoms with Crippen LogP contribution in [0.2, 0.25) is 19.6 Å². The van der Waals surface area contributed by atoms with Crippen LogP contribution in [0.25, 0.3) is 0 Å². The van der Waals surface area contributed by atoms with Gasteiger partial charge in [0, 0.05) is 0 Å². The van der Waals surface area contributed by atoms with Crippen LogP contribution in [0, 0.1) is 5.41 Å². The summed E-state index contributed by atoms with van der Waals surface area (Å²) in [5.74, 6) is 0.208. The summed E-state index contributed by atoms with van der Waals surface area (Å²) in [6.45, 7) is 12.7. The van der Waals surface area contributed by atoms with Gasteiger partial charge >= 0.3 is 0 Å². The summed E-state index contributed by atoms with van der Waals surface area (Å²) < 4.78 is 0. The maximum atomic E-state index is 12.1. The lowest BCUT2D eigenvalue weighted by molar-refractivity contribution is -0.123. The summed E-state index contributed by atoms with van der Waals surface area (Å²) in [6.07, 6.45) is 2.70. The number of carbonyl (C=O) groups is 1. The van der Waals surface area contributed by atoms with E-state index in [-0.39, 0.29) is 5.78 Å². The molecule has 0 radical (unpaired) electrons. The van der Waals surface area contributed by atoms with Crippen molar-refractivity contribution in [3.8, 4) is 0 Å². The van der Waals surface area contributed by atoms with Crippen LogP contribution in [0.1, 0.15) is 27.2 Å². The molecule has 0 aromatic heterocycles. The lowest BCUT2D eigenvalue weighted by atomic mass is 9.75. The van der Waals surface area contributed by atoms with E-state index in [4.69, 9.17) is 11.6 Å². The molecule has 1 rings (SSSR count). The molecule has 0 saturated carbocycles. The Kier molecular flexibility index (Phi) is 2.99. The fraction of sp³-hybridized carbons (Fsp3) is 0.750. The summed E-state index contributed by atoms with van der Waals surface area (Å²) in [5, 5.41) is 1.35. The number of allylic oxidation sites excluding steroid dienone is 2. The normalized spacial score (nSPS) is 28.2. The number of hydrogen-bond acceptors (Lipinski definition) is 1. The first kappa shape index (κ1) is 13.0. The van der Waals surface area contributed by atoms with Crippen LogP contribution in [-0.2, 0) is 4.79 Å². The Morgan fingerprint density at radius 2 is 1.87 bits per heavy atom. The van der Waals surface area contributed by atoms with Gasteiger partial charge in [0.25, 0.3) is 0 Å². The first-order valence-corrected chi connectivity index (χ1v) is 9.31. The van der Waals surface area contributed by atoms with Crippen molar-refractivity contribution in [2.24, 2.45) is 5.41 Å². The molecule has 0 aromatic rings. The van der Waals surface area contributed by atoms with E-state index in [1.54, 1.807) is 0 Å². The van der Waals surface area contributed by atoms with E-state index >= 15 is 0 Å². The second kappa shape index (κ2) is 3.46. The van der Waals surface area contributed by atoms with Crippen molar-refractivity contribution in [2.45, 2.75) is 51.7 Å². The molecule has 0 N–H and O–H groups in total. The van der Waals surface area contributed by atoms with E-state index in [2.05, 4.69) is 19.6 Å². The highest BCUT2D eigenvalue weighted by molar-refractivity contribution is 6.83. The zero-order chi connectivity index (χ0) is 12.1. The van der Waals surface area contributed by atoms with E-state index in [1.165, 1.54) is 5.20 Å². The average molecular weight is 245 g/mol. The zero-order valence-electron chi connectivity index (χ0n) is 10.6. The number of ketones is 1.